The van der Waals surface area contributed by atoms with Gasteiger partial charge >= 0.3 is 12.3 Å². The van der Waals surface area contributed by atoms with Crippen molar-refractivity contribution in [3.63, 3.8) is 0 Å². The van der Waals surface area contributed by atoms with Gasteiger partial charge in [-0.3, -0.25) is 0 Å². The van der Waals surface area contributed by atoms with E-state index < -0.39 is 17.8 Å². The molecule has 15 heteroatoms. The first kappa shape index (κ1) is 23.5. The molecule has 0 spiro atoms. The summed E-state index contributed by atoms with van der Waals surface area (Å²) in [5.74, 6) is 0.253. The summed E-state index contributed by atoms with van der Waals surface area (Å²) in [6, 6.07) is 3.36. The third kappa shape index (κ3) is 4.68. The van der Waals surface area contributed by atoms with Crippen molar-refractivity contribution in [2.24, 2.45) is 0 Å². The first-order valence-corrected chi connectivity index (χ1v) is 10.9. The SMILES string of the molecule is O=C1NC(COc2cc(Cl)c(-c3nc(-c4cn5cc(C(F)(F)F)cc(Cl)c5n4)no3)cc2Cl)CO1. The average Bonchev–Trinajstić information content (AvgIpc) is 3.52. The Morgan fingerprint density at radius 1 is 1.11 bits per heavy atom. The Balaban J connectivity index is 1.40. The number of aromatic nitrogens is 4. The molecule has 1 aromatic carbocycles. The Morgan fingerprint density at radius 3 is 2.63 bits per heavy atom. The van der Waals surface area contributed by atoms with Gasteiger partial charge < -0.3 is 23.7 Å². The monoisotopic (exact) mass is 547 g/mol. The van der Waals surface area contributed by atoms with Gasteiger partial charge in [0, 0.05) is 18.5 Å². The Bertz CT molecular complexity index is 1460. The van der Waals surface area contributed by atoms with Crippen LogP contribution < -0.4 is 10.1 Å². The minimum atomic E-state index is -4.58. The van der Waals surface area contributed by atoms with E-state index in [2.05, 4.69) is 20.4 Å². The number of carbonyl (C=O) groups excluding carboxylic acids is 1. The molecule has 0 radical (unpaired) electrons. The maximum Gasteiger partial charge on any atom is 0.417 e. The van der Waals surface area contributed by atoms with E-state index in [0.29, 0.717) is 5.56 Å². The highest BCUT2D eigenvalue weighted by molar-refractivity contribution is 6.36. The number of pyridine rings is 1. The van der Waals surface area contributed by atoms with E-state index in [0.717, 1.165) is 16.7 Å². The number of alkyl carbamates (subject to hydrolysis) is 1. The number of alkyl halides is 3. The van der Waals surface area contributed by atoms with Crippen molar-refractivity contribution in [2.75, 3.05) is 13.2 Å². The van der Waals surface area contributed by atoms with E-state index in [9.17, 15) is 18.0 Å². The molecule has 1 atom stereocenters. The fraction of sp³-hybridized carbons (Fsp3) is 0.200. The van der Waals surface area contributed by atoms with Gasteiger partial charge in [-0.1, -0.05) is 40.0 Å². The number of rotatable bonds is 5. The normalized spacial score (nSPS) is 15.9. The zero-order valence-corrected chi connectivity index (χ0v) is 19.3. The summed E-state index contributed by atoms with van der Waals surface area (Å²) in [7, 11) is 0. The van der Waals surface area contributed by atoms with Crippen LogP contribution in [-0.2, 0) is 10.9 Å². The fourth-order valence-electron chi connectivity index (χ4n) is 3.27. The highest BCUT2D eigenvalue weighted by Crippen LogP contribution is 2.37. The molecule has 4 aromatic rings. The smallest absolute Gasteiger partial charge is 0.417 e. The molecule has 0 aliphatic carbocycles. The molecule has 0 bridgehead atoms. The standard InChI is InChI=1S/C20H11Cl3F3N5O4/c21-11-3-15(33-6-9-7-34-19(32)27-9)12(22)2-10(11)18-29-16(30-35-18)14-5-31-4-8(20(24,25)26)1-13(23)17(31)28-14/h1-5,9H,6-7H2,(H,27,32). The molecule has 3 aromatic heterocycles. The van der Waals surface area contributed by atoms with Gasteiger partial charge in [0.1, 0.15) is 30.7 Å². The molecule has 1 unspecified atom stereocenters. The number of cyclic esters (lactones) is 1. The number of hydrogen-bond donors (Lipinski definition) is 1. The first-order chi connectivity index (χ1) is 16.6. The van der Waals surface area contributed by atoms with E-state index in [1.165, 1.54) is 18.3 Å². The van der Waals surface area contributed by atoms with E-state index in [1.54, 1.807) is 0 Å². The highest BCUT2D eigenvalue weighted by atomic mass is 35.5. The Labute approximate surface area is 208 Å². The van der Waals surface area contributed by atoms with Crippen LogP contribution in [0.25, 0.3) is 28.6 Å². The van der Waals surface area contributed by atoms with E-state index in [4.69, 9.17) is 48.8 Å². The molecule has 9 nitrogen and oxygen atoms in total. The summed E-state index contributed by atoms with van der Waals surface area (Å²) in [5.41, 5.74) is -0.419. The number of ether oxygens (including phenoxy) is 2. The molecule has 1 N–H and O–H groups in total. The van der Waals surface area contributed by atoms with Gasteiger partial charge in [0.25, 0.3) is 5.89 Å². The molecular weight excluding hydrogens is 538 g/mol. The number of fused-ring (bicyclic) bond motifs is 1. The molecular formula is C20H11Cl3F3N5O4. The third-order valence-corrected chi connectivity index (χ3v) is 5.80. The quantitative estimate of drug-likeness (QED) is 0.350. The van der Waals surface area contributed by atoms with Crippen LogP contribution in [0.1, 0.15) is 5.56 Å². The van der Waals surface area contributed by atoms with Crippen LogP contribution in [0.2, 0.25) is 15.1 Å². The second-order valence-electron chi connectivity index (χ2n) is 7.37. The Kier molecular flexibility index (Phi) is 5.90. The predicted molar refractivity (Wildman–Crippen MR) is 118 cm³/mol. The van der Waals surface area contributed by atoms with Crippen molar-refractivity contribution in [3.05, 3.63) is 51.2 Å². The number of imidazole rings is 1. The summed E-state index contributed by atoms with van der Waals surface area (Å²) < 4.78 is 56.0. The van der Waals surface area contributed by atoms with Crippen molar-refractivity contribution in [2.45, 2.75) is 12.2 Å². The van der Waals surface area contributed by atoms with E-state index in [1.807, 2.05) is 0 Å². The predicted octanol–water partition coefficient (Wildman–Crippen LogP) is 5.52. The minimum absolute atomic E-state index is 0.00202. The second kappa shape index (κ2) is 8.77. The van der Waals surface area contributed by atoms with Crippen LogP contribution in [0, 0.1) is 0 Å². The molecule has 4 heterocycles. The van der Waals surface area contributed by atoms with Gasteiger partial charge in [0.2, 0.25) is 5.82 Å². The number of amides is 1. The van der Waals surface area contributed by atoms with Crippen LogP contribution >= 0.6 is 34.8 Å². The van der Waals surface area contributed by atoms with Gasteiger partial charge in [-0.2, -0.15) is 18.2 Å². The maximum absolute atomic E-state index is 13.1. The van der Waals surface area contributed by atoms with E-state index >= 15 is 0 Å². The molecule has 1 fully saturated rings. The van der Waals surface area contributed by atoms with Crippen molar-refractivity contribution < 1.29 is 32.0 Å². The van der Waals surface area contributed by atoms with Crippen LogP contribution in [0.15, 0.2) is 35.1 Å². The second-order valence-corrected chi connectivity index (χ2v) is 8.59. The Hall–Kier alpha value is -3.22. The lowest BCUT2D eigenvalue weighted by Gasteiger charge is -2.12. The van der Waals surface area contributed by atoms with Gasteiger partial charge in [-0.25, -0.2) is 9.78 Å². The van der Waals surface area contributed by atoms with Gasteiger partial charge in [-0.15, -0.1) is 0 Å². The fourth-order valence-corrected chi connectivity index (χ4v) is 3.98. The lowest BCUT2D eigenvalue weighted by atomic mass is 10.2. The topological polar surface area (TPSA) is 104 Å². The molecule has 182 valence electrons. The molecule has 1 aliphatic rings. The lowest BCUT2D eigenvalue weighted by molar-refractivity contribution is -0.137. The van der Waals surface area contributed by atoms with Gasteiger partial charge in [0.05, 0.1) is 26.2 Å². The summed E-state index contributed by atoms with van der Waals surface area (Å²) in [6.45, 7) is 0.275. The highest BCUT2D eigenvalue weighted by Gasteiger charge is 2.32. The van der Waals surface area contributed by atoms with Crippen molar-refractivity contribution in [1.29, 1.82) is 0 Å². The van der Waals surface area contributed by atoms with Crippen molar-refractivity contribution in [1.82, 2.24) is 24.8 Å². The Morgan fingerprint density at radius 2 is 1.91 bits per heavy atom. The number of hydrogen-bond acceptors (Lipinski definition) is 7. The zero-order chi connectivity index (χ0) is 24.9. The maximum atomic E-state index is 13.1. The van der Waals surface area contributed by atoms with Crippen LogP contribution in [-0.4, -0.2) is 44.9 Å². The van der Waals surface area contributed by atoms with Gasteiger partial charge in [-0.05, 0) is 12.1 Å². The third-order valence-electron chi connectivity index (χ3n) is 4.92. The van der Waals surface area contributed by atoms with Crippen LogP contribution in [0.5, 0.6) is 5.75 Å². The summed E-state index contributed by atoms with van der Waals surface area (Å²) >= 11 is 18.6. The molecule has 1 saturated heterocycles. The number of carbonyl (C=O) groups is 1. The molecule has 1 aliphatic heterocycles. The summed E-state index contributed by atoms with van der Waals surface area (Å²) in [5, 5.41) is 6.58. The first-order valence-electron chi connectivity index (χ1n) is 9.73. The minimum Gasteiger partial charge on any atom is -0.490 e. The van der Waals surface area contributed by atoms with E-state index in [-0.39, 0.29) is 63.1 Å². The lowest BCUT2D eigenvalue weighted by Crippen LogP contribution is -2.32. The number of nitrogens with one attached hydrogen (secondary N) is 1. The average molecular weight is 549 g/mol. The molecule has 0 saturated carbocycles. The number of halogens is 6. The largest absolute Gasteiger partial charge is 0.490 e. The zero-order valence-electron chi connectivity index (χ0n) is 17.1. The number of nitrogens with zero attached hydrogens (tertiary/aromatic N) is 4. The number of benzene rings is 1. The molecule has 35 heavy (non-hydrogen) atoms. The molecule has 5 rings (SSSR count). The van der Waals surface area contributed by atoms with Crippen LogP contribution in [0.3, 0.4) is 0 Å². The van der Waals surface area contributed by atoms with Gasteiger partial charge in [0.15, 0.2) is 5.65 Å². The van der Waals surface area contributed by atoms with Crippen molar-refractivity contribution >= 4 is 46.5 Å². The summed E-state index contributed by atoms with van der Waals surface area (Å²) in [6.07, 6.45) is -2.95. The van der Waals surface area contributed by atoms with Crippen molar-refractivity contribution in [3.8, 4) is 28.7 Å². The van der Waals surface area contributed by atoms with Crippen LogP contribution in [0.4, 0.5) is 18.0 Å². The summed E-state index contributed by atoms with van der Waals surface area (Å²) in [4.78, 5) is 19.5. The molecule has 1 amide bonds.